The van der Waals surface area contributed by atoms with E-state index in [9.17, 15) is 9.65 Å². The fraction of sp³-hybridized carbons (Fsp3) is 0.167. The Balaban J connectivity index is 2.20. The molecule has 5 heteroatoms. The number of hydrogen-bond donors (Lipinski definition) is 2. The van der Waals surface area contributed by atoms with E-state index >= 15 is 0 Å². The minimum absolute atomic E-state index is 0.310. The lowest BCUT2D eigenvalue weighted by Gasteiger charge is -2.29. The van der Waals surface area contributed by atoms with Crippen LogP contribution in [0.5, 0.6) is 0 Å². The second-order valence-corrected chi connectivity index (χ2v) is 5.72. The van der Waals surface area contributed by atoms with Crippen LogP contribution in [0.4, 0.5) is 15.8 Å². The van der Waals surface area contributed by atoms with Crippen LogP contribution in [0, 0.1) is 17.1 Å². The van der Waals surface area contributed by atoms with Crippen LogP contribution in [-0.4, -0.2) is 14.1 Å². The van der Waals surface area contributed by atoms with Crippen molar-refractivity contribution in [3.05, 3.63) is 70.8 Å². The minimum atomic E-state index is -0.372. The van der Waals surface area contributed by atoms with Crippen molar-refractivity contribution < 1.29 is 4.39 Å². The van der Waals surface area contributed by atoms with Gasteiger partial charge in [0.15, 0.2) is 0 Å². The summed E-state index contributed by atoms with van der Waals surface area (Å²) in [6.45, 7) is 0. The molecule has 0 amide bonds. The first-order valence-electron chi connectivity index (χ1n) is 7.24. The fourth-order valence-corrected chi connectivity index (χ4v) is 2.86. The van der Waals surface area contributed by atoms with Crippen molar-refractivity contribution in [2.24, 2.45) is 5.73 Å². The van der Waals surface area contributed by atoms with E-state index in [1.807, 2.05) is 43.3 Å². The predicted molar refractivity (Wildman–Crippen MR) is 89.5 cm³/mol. The van der Waals surface area contributed by atoms with Crippen molar-refractivity contribution in [1.82, 2.24) is 0 Å². The third-order valence-corrected chi connectivity index (χ3v) is 4.01. The molecule has 116 valence electrons. The Bertz CT molecular complexity index is 833. The number of fused-ring (bicyclic) bond motifs is 1. The Morgan fingerprint density at radius 2 is 2.00 bits per heavy atom. The second-order valence-electron chi connectivity index (χ2n) is 5.72. The van der Waals surface area contributed by atoms with Gasteiger partial charge in [0.25, 0.3) is 0 Å². The Hall–Kier alpha value is -3.00. The summed E-state index contributed by atoms with van der Waals surface area (Å²) in [5.41, 5.74) is 9.91. The molecule has 3 N–H and O–H groups in total. The van der Waals surface area contributed by atoms with Gasteiger partial charge in [-0.3, -0.25) is 0 Å². The first kappa shape index (κ1) is 14.9. The molecule has 23 heavy (non-hydrogen) atoms. The molecule has 1 atom stereocenters. The number of halogens is 1. The first-order valence-corrected chi connectivity index (χ1v) is 7.24. The number of nitrogens with one attached hydrogen (secondary N) is 1. The van der Waals surface area contributed by atoms with Gasteiger partial charge in [0, 0.05) is 31.4 Å². The maximum absolute atomic E-state index is 13.6. The van der Waals surface area contributed by atoms with Crippen molar-refractivity contribution in [3.63, 3.8) is 0 Å². The summed E-state index contributed by atoms with van der Waals surface area (Å²) < 4.78 is 13.6. The van der Waals surface area contributed by atoms with Crippen LogP contribution in [0.25, 0.3) is 0 Å². The van der Waals surface area contributed by atoms with Crippen LogP contribution in [0.3, 0.4) is 0 Å². The number of anilines is 2. The molecule has 0 aromatic heterocycles. The Kier molecular flexibility index (Phi) is 3.67. The summed E-state index contributed by atoms with van der Waals surface area (Å²) in [6, 6.07) is 14.4. The number of nitriles is 1. The molecule has 2 aromatic carbocycles. The summed E-state index contributed by atoms with van der Waals surface area (Å²) in [5, 5.41) is 12.6. The van der Waals surface area contributed by atoms with Gasteiger partial charge in [0.1, 0.15) is 11.6 Å². The molecule has 0 saturated carbocycles. The number of benzene rings is 2. The summed E-state index contributed by atoms with van der Waals surface area (Å²) in [5.74, 6) is -0.392. The Morgan fingerprint density at radius 1 is 1.22 bits per heavy atom. The number of allylic oxidation sites excluding steroid dienone is 1. The van der Waals surface area contributed by atoms with Crippen molar-refractivity contribution in [3.8, 4) is 6.07 Å². The molecule has 1 heterocycles. The minimum Gasteiger partial charge on any atom is -0.384 e. The predicted octanol–water partition coefficient (Wildman–Crippen LogP) is 3.14. The zero-order chi connectivity index (χ0) is 16.6. The molecule has 1 aliphatic heterocycles. The largest absolute Gasteiger partial charge is 0.384 e. The average molecular weight is 308 g/mol. The summed E-state index contributed by atoms with van der Waals surface area (Å²) in [6.07, 6.45) is 0. The highest BCUT2D eigenvalue weighted by atomic mass is 19.1. The van der Waals surface area contributed by atoms with E-state index in [0.717, 1.165) is 16.9 Å². The molecular formula is C18H17FN4. The van der Waals surface area contributed by atoms with Crippen LogP contribution >= 0.6 is 0 Å². The topological polar surface area (TPSA) is 65.1 Å². The molecule has 0 radical (unpaired) electrons. The molecule has 0 unspecified atom stereocenters. The lowest BCUT2D eigenvalue weighted by Crippen LogP contribution is -2.23. The molecule has 4 nitrogen and oxygen atoms in total. The molecule has 0 fully saturated rings. The normalized spacial score (nSPS) is 16.3. The van der Waals surface area contributed by atoms with Crippen molar-refractivity contribution in [1.29, 1.82) is 5.26 Å². The van der Waals surface area contributed by atoms with Crippen LogP contribution in [0.15, 0.2) is 53.9 Å². The van der Waals surface area contributed by atoms with Gasteiger partial charge in [-0.05, 0) is 35.4 Å². The van der Waals surface area contributed by atoms with Gasteiger partial charge in [-0.25, -0.2) is 4.39 Å². The van der Waals surface area contributed by atoms with E-state index in [1.165, 1.54) is 12.1 Å². The average Bonchev–Trinajstić information content (AvgIpc) is 2.52. The molecule has 1 aliphatic rings. The van der Waals surface area contributed by atoms with Crippen molar-refractivity contribution in [2.45, 2.75) is 5.92 Å². The van der Waals surface area contributed by atoms with Crippen LogP contribution in [-0.2, 0) is 0 Å². The van der Waals surface area contributed by atoms with E-state index < -0.39 is 0 Å². The van der Waals surface area contributed by atoms with Gasteiger partial charge in [-0.15, -0.1) is 0 Å². The van der Waals surface area contributed by atoms with E-state index in [0.29, 0.717) is 17.0 Å². The lowest BCUT2D eigenvalue weighted by atomic mass is 9.82. The van der Waals surface area contributed by atoms with Crippen molar-refractivity contribution >= 4 is 11.4 Å². The molecule has 0 bridgehead atoms. The summed E-state index contributed by atoms with van der Waals surface area (Å²) in [4.78, 5) is 1.98. The molecule has 0 aliphatic carbocycles. The third-order valence-electron chi connectivity index (χ3n) is 4.01. The first-order chi connectivity index (χ1) is 11.0. The molecule has 3 rings (SSSR count). The van der Waals surface area contributed by atoms with E-state index in [2.05, 4.69) is 11.4 Å². The highest BCUT2D eigenvalue weighted by Crippen LogP contribution is 2.41. The molecule has 0 saturated heterocycles. The van der Waals surface area contributed by atoms with Gasteiger partial charge in [0.05, 0.1) is 11.6 Å². The second kappa shape index (κ2) is 5.65. The maximum Gasteiger partial charge on any atom is 0.123 e. The van der Waals surface area contributed by atoms with Gasteiger partial charge >= 0.3 is 0 Å². The van der Waals surface area contributed by atoms with Crippen LogP contribution in [0.2, 0.25) is 0 Å². The number of hydrogen-bond acceptors (Lipinski definition) is 4. The van der Waals surface area contributed by atoms with Gasteiger partial charge in [0.2, 0.25) is 0 Å². The number of nitrogens with zero attached hydrogens (tertiary/aromatic N) is 2. The van der Waals surface area contributed by atoms with Crippen molar-refractivity contribution in [2.75, 3.05) is 24.3 Å². The highest BCUT2D eigenvalue weighted by molar-refractivity contribution is 5.71. The smallest absolute Gasteiger partial charge is 0.123 e. The SMILES string of the molecule is CN(C)c1ccc2c(c1)NC(N)=C(C#N)[C@@H]2c1cccc(F)c1. The fourth-order valence-electron chi connectivity index (χ4n) is 2.86. The van der Waals surface area contributed by atoms with E-state index in [1.54, 1.807) is 6.07 Å². The molecule has 2 aromatic rings. The standard InChI is InChI=1S/C18H17FN4/c1-23(2)13-6-7-14-16(9-13)22-18(21)15(10-20)17(14)11-4-3-5-12(19)8-11/h3-9,17,22H,21H2,1-2H3/t17-/m1/s1. The molecule has 0 spiro atoms. The van der Waals surface area contributed by atoms with Crippen LogP contribution in [0.1, 0.15) is 17.0 Å². The lowest BCUT2D eigenvalue weighted by molar-refractivity contribution is 0.624. The monoisotopic (exact) mass is 308 g/mol. The van der Waals surface area contributed by atoms with E-state index in [4.69, 9.17) is 5.73 Å². The maximum atomic E-state index is 13.6. The van der Waals surface area contributed by atoms with Crippen LogP contribution < -0.4 is 16.0 Å². The van der Waals surface area contributed by atoms with Gasteiger partial charge < -0.3 is 16.0 Å². The Morgan fingerprint density at radius 3 is 2.65 bits per heavy atom. The zero-order valence-electron chi connectivity index (χ0n) is 13.0. The zero-order valence-corrected chi connectivity index (χ0v) is 13.0. The van der Waals surface area contributed by atoms with E-state index in [-0.39, 0.29) is 11.7 Å². The number of rotatable bonds is 2. The molecular weight excluding hydrogens is 291 g/mol. The third kappa shape index (κ3) is 2.59. The highest BCUT2D eigenvalue weighted by Gasteiger charge is 2.29. The van der Waals surface area contributed by atoms with Gasteiger partial charge in [-0.2, -0.15) is 5.26 Å². The number of nitrogens with two attached hydrogens (primary N) is 1. The summed E-state index contributed by atoms with van der Waals surface area (Å²) >= 11 is 0. The quantitative estimate of drug-likeness (QED) is 0.894. The van der Waals surface area contributed by atoms with Gasteiger partial charge in [-0.1, -0.05) is 18.2 Å². The summed E-state index contributed by atoms with van der Waals surface area (Å²) in [7, 11) is 3.91. The Labute approximate surface area is 134 Å².